The van der Waals surface area contributed by atoms with Crippen LogP contribution >= 0.6 is 0 Å². The Kier molecular flexibility index (Phi) is 13.0. The van der Waals surface area contributed by atoms with E-state index in [-0.39, 0.29) is 25.1 Å². The number of carbonyl (C=O) groups is 4. The Balaban J connectivity index is 2.08. The molecular weight excluding hydrogens is 622 g/mol. The number of hydrogen-bond acceptors (Lipinski definition) is 7. The maximum Gasteiger partial charge on any atom is 0.408 e. The molecule has 0 radical (unpaired) electrons. The molecule has 3 amide bonds. The molecule has 0 heterocycles. The van der Waals surface area contributed by atoms with Crippen molar-refractivity contribution in [3.63, 3.8) is 0 Å². The Bertz CT molecular complexity index is 1570. The van der Waals surface area contributed by atoms with Gasteiger partial charge in [-0.25, -0.2) is 9.59 Å². The summed E-state index contributed by atoms with van der Waals surface area (Å²) in [6.45, 7) is 16.1. The number of phenolic OH excluding ortho intramolecular Hbond substituents is 1. The van der Waals surface area contributed by atoms with Crippen molar-refractivity contribution >= 4 is 23.9 Å². The molecular formula is C39H51N3O7. The second kappa shape index (κ2) is 16.5. The SMILES string of the molecule is CCN(C(=O)C(Cc1ccc(O)cc1)NC(=O)OC(C)(C)C)C(C(=O)NC(Cc1ccccc1)C(=O)OC(C)(C)C)c1cc(C)cc(C)c1. The minimum Gasteiger partial charge on any atom is -0.508 e. The van der Waals surface area contributed by atoms with Crippen molar-refractivity contribution in [3.05, 3.63) is 101 Å². The average molecular weight is 674 g/mol. The highest BCUT2D eigenvalue weighted by Crippen LogP contribution is 2.26. The Hall–Kier alpha value is -4.86. The zero-order valence-corrected chi connectivity index (χ0v) is 30.1. The van der Waals surface area contributed by atoms with E-state index in [0.29, 0.717) is 11.1 Å². The summed E-state index contributed by atoms with van der Waals surface area (Å²) in [5.41, 5.74) is 2.19. The van der Waals surface area contributed by atoms with Gasteiger partial charge in [0.15, 0.2) is 0 Å². The number of esters is 1. The fourth-order valence-electron chi connectivity index (χ4n) is 5.49. The molecule has 3 atom stereocenters. The number of aryl methyl sites for hydroxylation is 2. The van der Waals surface area contributed by atoms with Crippen molar-refractivity contribution in [1.82, 2.24) is 15.5 Å². The van der Waals surface area contributed by atoms with E-state index in [2.05, 4.69) is 10.6 Å². The number of phenols is 1. The molecule has 0 saturated carbocycles. The predicted molar refractivity (Wildman–Crippen MR) is 189 cm³/mol. The van der Waals surface area contributed by atoms with E-state index in [1.807, 2.05) is 62.4 Å². The number of aromatic hydroxyl groups is 1. The van der Waals surface area contributed by atoms with Crippen LogP contribution in [0.25, 0.3) is 0 Å². The minimum absolute atomic E-state index is 0.0588. The maximum atomic E-state index is 14.6. The quantitative estimate of drug-likeness (QED) is 0.198. The summed E-state index contributed by atoms with van der Waals surface area (Å²) in [6, 6.07) is 17.9. The Labute approximate surface area is 290 Å². The lowest BCUT2D eigenvalue weighted by Crippen LogP contribution is -2.55. The lowest BCUT2D eigenvalue weighted by Gasteiger charge is -2.35. The zero-order valence-electron chi connectivity index (χ0n) is 30.1. The molecule has 0 aliphatic carbocycles. The highest BCUT2D eigenvalue weighted by atomic mass is 16.6. The molecule has 10 nitrogen and oxygen atoms in total. The molecule has 3 N–H and O–H groups in total. The first-order valence-electron chi connectivity index (χ1n) is 16.6. The van der Waals surface area contributed by atoms with Gasteiger partial charge in [0.25, 0.3) is 0 Å². The summed E-state index contributed by atoms with van der Waals surface area (Å²) in [7, 11) is 0. The van der Waals surface area contributed by atoms with E-state index in [0.717, 1.165) is 16.7 Å². The van der Waals surface area contributed by atoms with Gasteiger partial charge >= 0.3 is 12.1 Å². The largest absolute Gasteiger partial charge is 0.508 e. The number of ether oxygens (including phenoxy) is 2. The number of benzene rings is 3. The summed E-state index contributed by atoms with van der Waals surface area (Å²) in [5.74, 6) is -1.65. The number of nitrogens with zero attached hydrogens (tertiary/aromatic N) is 1. The van der Waals surface area contributed by atoms with E-state index < -0.39 is 53.2 Å². The number of carbonyl (C=O) groups excluding carboxylic acids is 4. The molecule has 0 aliphatic rings. The molecule has 49 heavy (non-hydrogen) atoms. The Morgan fingerprint density at radius 1 is 0.735 bits per heavy atom. The van der Waals surface area contributed by atoms with Crippen LogP contribution in [0.5, 0.6) is 5.75 Å². The minimum atomic E-state index is -1.17. The standard InChI is InChI=1S/C39H51N3O7/c1-10-42(35(45)31(41-37(47)49-39(7,8)9)23-28-16-18-30(43)19-17-28)33(29-21-25(2)20-26(3)22-29)34(44)40-32(36(46)48-38(4,5)6)24-27-14-12-11-13-15-27/h11-22,31-33,43H,10,23-24H2,1-9H3,(H,40,44)(H,41,47). The van der Waals surface area contributed by atoms with Gasteiger partial charge in [0, 0.05) is 19.4 Å². The van der Waals surface area contributed by atoms with Gasteiger partial charge in [-0.1, -0.05) is 71.8 Å². The van der Waals surface area contributed by atoms with E-state index in [1.165, 1.54) is 17.0 Å². The molecule has 0 spiro atoms. The van der Waals surface area contributed by atoms with Crippen LogP contribution in [-0.2, 0) is 36.7 Å². The fraction of sp³-hybridized carbons (Fsp3) is 0.436. The predicted octanol–water partition coefficient (Wildman–Crippen LogP) is 6.10. The van der Waals surface area contributed by atoms with Gasteiger partial charge in [0.1, 0.15) is 35.1 Å². The molecule has 0 fully saturated rings. The Morgan fingerprint density at radius 2 is 1.27 bits per heavy atom. The normalized spacial score (nSPS) is 13.4. The second-order valence-electron chi connectivity index (χ2n) is 14.3. The second-order valence-corrected chi connectivity index (χ2v) is 14.3. The van der Waals surface area contributed by atoms with E-state index in [9.17, 15) is 24.3 Å². The fourth-order valence-corrected chi connectivity index (χ4v) is 5.49. The summed E-state index contributed by atoms with van der Waals surface area (Å²) in [6.07, 6.45) is -0.559. The first kappa shape index (κ1) is 38.6. The van der Waals surface area contributed by atoms with Gasteiger partial charge in [0.2, 0.25) is 11.8 Å². The van der Waals surface area contributed by atoms with Crippen molar-refractivity contribution in [3.8, 4) is 5.75 Å². The van der Waals surface area contributed by atoms with Gasteiger partial charge in [-0.2, -0.15) is 0 Å². The van der Waals surface area contributed by atoms with Crippen LogP contribution in [0.2, 0.25) is 0 Å². The van der Waals surface area contributed by atoms with Crippen LogP contribution < -0.4 is 10.6 Å². The molecule has 0 saturated heterocycles. The molecule has 3 aromatic carbocycles. The van der Waals surface area contributed by atoms with Crippen LogP contribution in [0.15, 0.2) is 72.8 Å². The van der Waals surface area contributed by atoms with E-state index in [1.54, 1.807) is 60.6 Å². The summed E-state index contributed by atoms with van der Waals surface area (Å²) >= 11 is 0. The lowest BCUT2D eigenvalue weighted by molar-refractivity contribution is -0.159. The van der Waals surface area contributed by atoms with Crippen LogP contribution in [-0.4, -0.2) is 63.7 Å². The Morgan fingerprint density at radius 3 is 1.80 bits per heavy atom. The number of rotatable bonds is 12. The zero-order chi connectivity index (χ0) is 36.5. The van der Waals surface area contributed by atoms with Crippen molar-refractivity contribution in [2.24, 2.45) is 0 Å². The van der Waals surface area contributed by atoms with Crippen LogP contribution in [0.4, 0.5) is 4.79 Å². The van der Waals surface area contributed by atoms with Gasteiger partial charge < -0.3 is 30.1 Å². The lowest BCUT2D eigenvalue weighted by atomic mass is 9.96. The van der Waals surface area contributed by atoms with Crippen LogP contribution in [0, 0.1) is 13.8 Å². The first-order valence-corrected chi connectivity index (χ1v) is 16.6. The first-order chi connectivity index (χ1) is 22.8. The summed E-state index contributed by atoms with van der Waals surface area (Å²) < 4.78 is 11.2. The topological polar surface area (TPSA) is 134 Å². The monoisotopic (exact) mass is 673 g/mol. The molecule has 264 valence electrons. The molecule has 3 rings (SSSR count). The molecule has 3 aromatic rings. The van der Waals surface area contributed by atoms with Crippen molar-refractivity contribution in [2.45, 2.75) is 104 Å². The average Bonchev–Trinajstić information content (AvgIpc) is 2.98. The number of hydrogen-bond donors (Lipinski definition) is 3. The summed E-state index contributed by atoms with van der Waals surface area (Å²) in [5, 5.41) is 15.5. The van der Waals surface area contributed by atoms with E-state index in [4.69, 9.17) is 9.47 Å². The van der Waals surface area contributed by atoms with Gasteiger partial charge in [0.05, 0.1) is 0 Å². The number of nitrogens with one attached hydrogen (secondary N) is 2. The van der Waals surface area contributed by atoms with Crippen LogP contribution in [0.3, 0.4) is 0 Å². The molecule has 10 heteroatoms. The van der Waals surface area contributed by atoms with Crippen molar-refractivity contribution in [2.75, 3.05) is 6.54 Å². The third-order valence-electron chi connectivity index (χ3n) is 7.40. The highest BCUT2D eigenvalue weighted by Gasteiger charge is 2.38. The van der Waals surface area contributed by atoms with Crippen molar-refractivity contribution in [1.29, 1.82) is 0 Å². The molecule has 3 unspecified atom stereocenters. The number of alkyl carbamates (subject to hydrolysis) is 1. The number of likely N-dealkylation sites (N-methyl/N-ethyl adjacent to an activating group) is 1. The molecule has 0 aliphatic heterocycles. The highest BCUT2D eigenvalue weighted by molar-refractivity contribution is 5.94. The smallest absolute Gasteiger partial charge is 0.408 e. The molecule has 0 bridgehead atoms. The van der Waals surface area contributed by atoms with E-state index >= 15 is 0 Å². The third kappa shape index (κ3) is 12.3. The van der Waals surface area contributed by atoms with Gasteiger partial charge in [-0.3, -0.25) is 9.59 Å². The third-order valence-corrected chi connectivity index (χ3v) is 7.40. The molecule has 0 aromatic heterocycles. The van der Waals surface area contributed by atoms with Gasteiger partial charge in [-0.15, -0.1) is 0 Å². The summed E-state index contributed by atoms with van der Waals surface area (Å²) in [4.78, 5) is 57.0. The maximum absolute atomic E-state index is 14.6. The van der Waals surface area contributed by atoms with Gasteiger partial charge in [-0.05, 0) is 91.1 Å². The van der Waals surface area contributed by atoms with Crippen LogP contribution in [0.1, 0.15) is 82.3 Å². The van der Waals surface area contributed by atoms with Crippen molar-refractivity contribution < 1.29 is 33.8 Å². The number of amides is 3.